The van der Waals surface area contributed by atoms with Crippen LogP contribution in [-0.2, 0) is 10.0 Å². The fraction of sp³-hybridized carbons (Fsp3) is 0.294. The van der Waals surface area contributed by atoms with Crippen LogP contribution in [0.25, 0.3) is 0 Å². The standard InChI is InChI=1S/C17H18N4O3S/c18-12-14-4-1-2-5-16(14)25(23,24)21-9-3-8-20(10-11-21)17(22)15-6-7-19-13-15/h1-2,4-7,13,19H,3,8-11H2. The second kappa shape index (κ2) is 7.09. The van der Waals surface area contributed by atoms with Gasteiger partial charge >= 0.3 is 0 Å². The van der Waals surface area contributed by atoms with Crippen molar-refractivity contribution in [1.82, 2.24) is 14.2 Å². The molecule has 1 amide bonds. The first-order valence-corrected chi connectivity index (χ1v) is 9.39. The highest BCUT2D eigenvalue weighted by Crippen LogP contribution is 2.21. The summed E-state index contributed by atoms with van der Waals surface area (Å²) < 4.78 is 27.1. The summed E-state index contributed by atoms with van der Waals surface area (Å²) in [4.78, 5) is 17.0. The maximum atomic E-state index is 12.9. The smallest absolute Gasteiger partial charge is 0.255 e. The first-order chi connectivity index (χ1) is 12.0. The molecule has 1 aliphatic heterocycles. The summed E-state index contributed by atoms with van der Waals surface area (Å²) >= 11 is 0. The van der Waals surface area contributed by atoms with Gasteiger partial charge in [-0.05, 0) is 24.6 Å². The van der Waals surface area contributed by atoms with Gasteiger partial charge in [-0.1, -0.05) is 12.1 Å². The topological polar surface area (TPSA) is 97.3 Å². The van der Waals surface area contributed by atoms with Crippen LogP contribution in [0, 0.1) is 11.3 Å². The second-order valence-electron chi connectivity index (χ2n) is 5.76. The second-order valence-corrected chi connectivity index (χ2v) is 7.66. The lowest BCUT2D eigenvalue weighted by atomic mass is 10.2. The predicted octanol–water partition coefficient (Wildman–Crippen LogP) is 1.42. The lowest BCUT2D eigenvalue weighted by Crippen LogP contribution is -2.37. The lowest BCUT2D eigenvalue weighted by molar-refractivity contribution is 0.0764. The summed E-state index contributed by atoms with van der Waals surface area (Å²) in [6.07, 6.45) is 3.86. The van der Waals surface area contributed by atoms with Crippen LogP contribution in [0.3, 0.4) is 0 Å². The van der Waals surface area contributed by atoms with Gasteiger partial charge in [-0.15, -0.1) is 0 Å². The van der Waals surface area contributed by atoms with E-state index in [1.54, 1.807) is 35.5 Å². The van der Waals surface area contributed by atoms with Crippen molar-refractivity contribution >= 4 is 15.9 Å². The molecular weight excluding hydrogens is 340 g/mol. The lowest BCUT2D eigenvalue weighted by Gasteiger charge is -2.22. The third-order valence-corrected chi connectivity index (χ3v) is 6.17. The van der Waals surface area contributed by atoms with Gasteiger partial charge in [-0.3, -0.25) is 4.79 Å². The molecule has 3 rings (SSSR count). The van der Waals surface area contributed by atoms with Crippen molar-refractivity contribution in [2.24, 2.45) is 0 Å². The Labute approximate surface area is 146 Å². The molecule has 7 nitrogen and oxygen atoms in total. The number of hydrogen-bond donors (Lipinski definition) is 1. The Balaban J connectivity index is 1.79. The molecule has 0 unspecified atom stereocenters. The van der Waals surface area contributed by atoms with Gasteiger partial charge in [0.05, 0.1) is 16.0 Å². The van der Waals surface area contributed by atoms with Gasteiger partial charge in [-0.25, -0.2) is 8.42 Å². The predicted molar refractivity (Wildman–Crippen MR) is 91.2 cm³/mol. The molecule has 1 fully saturated rings. The van der Waals surface area contributed by atoms with E-state index >= 15 is 0 Å². The third-order valence-electron chi connectivity index (χ3n) is 4.21. The fourth-order valence-corrected chi connectivity index (χ4v) is 4.51. The molecule has 25 heavy (non-hydrogen) atoms. The highest BCUT2D eigenvalue weighted by molar-refractivity contribution is 7.89. The molecule has 1 N–H and O–H groups in total. The van der Waals surface area contributed by atoms with Gasteiger partial charge < -0.3 is 9.88 Å². The number of sulfonamides is 1. The molecule has 0 spiro atoms. The zero-order chi connectivity index (χ0) is 17.9. The van der Waals surface area contributed by atoms with Crippen LogP contribution in [-0.4, -0.2) is 54.7 Å². The van der Waals surface area contributed by atoms with Gasteiger partial charge in [-0.2, -0.15) is 9.57 Å². The molecular formula is C17H18N4O3S. The number of H-pyrrole nitrogens is 1. The molecule has 0 bridgehead atoms. The Morgan fingerprint density at radius 2 is 1.92 bits per heavy atom. The number of carbonyl (C=O) groups excluding carboxylic acids is 1. The number of nitrogens with one attached hydrogen (secondary N) is 1. The Morgan fingerprint density at radius 3 is 2.64 bits per heavy atom. The maximum Gasteiger partial charge on any atom is 0.255 e. The van der Waals surface area contributed by atoms with Crippen LogP contribution in [0.2, 0.25) is 0 Å². The normalized spacial score (nSPS) is 16.2. The summed E-state index contributed by atoms with van der Waals surface area (Å²) in [5, 5.41) is 9.17. The molecule has 2 aromatic rings. The Hall–Kier alpha value is -2.63. The molecule has 0 atom stereocenters. The van der Waals surface area contributed by atoms with Crippen molar-refractivity contribution < 1.29 is 13.2 Å². The monoisotopic (exact) mass is 358 g/mol. The van der Waals surface area contributed by atoms with Gasteiger partial charge in [0.25, 0.3) is 5.91 Å². The number of aromatic nitrogens is 1. The molecule has 0 aliphatic carbocycles. The molecule has 2 heterocycles. The molecule has 1 aliphatic rings. The number of nitriles is 1. The number of hydrogen-bond acceptors (Lipinski definition) is 4. The maximum absolute atomic E-state index is 12.9. The zero-order valence-corrected chi connectivity index (χ0v) is 14.4. The minimum Gasteiger partial charge on any atom is -0.367 e. The highest BCUT2D eigenvalue weighted by Gasteiger charge is 2.30. The van der Waals surface area contributed by atoms with E-state index in [0.717, 1.165) is 0 Å². The van der Waals surface area contributed by atoms with Crippen molar-refractivity contribution in [2.75, 3.05) is 26.2 Å². The molecule has 0 saturated carbocycles. The van der Waals surface area contributed by atoms with E-state index in [0.29, 0.717) is 31.6 Å². The summed E-state index contributed by atoms with van der Waals surface area (Å²) in [5.41, 5.74) is 0.693. The summed E-state index contributed by atoms with van der Waals surface area (Å²) in [6, 6.07) is 9.81. The highest BCUT2D eigenvalue weighted by atomic mass is 32.2. The average Bonchev–Trinajstić information content (AvgIpc) is 3.05. The van der Waals surface area contributed by atoms with Crippen molar-refractivity contribution in [3.8, 4) is 6.07 Å². The number of nitrogens with zero attached hydrogens (tertiary/aromatic N) is 3. The molecule has 8 heteroatoms. The Morgan fingerprint density at radius 1 is 1.12 bits per heavy atom. The van der Waals surface area contributed by atoms with Gasteiger partial charge in [0, 0.05) is 38.6 Å². The minimum atomic E-state index is -3.76. The summed E-state index contributed by atoms with van der Waals surface area (Å²) in [7, 11) is -3.76. The summed E-state index contributed by atoms with van der Waals surface area (Å²) in [5.74, 6) is -0.113. The SMILES string of the molecule is N#Cc1ccccc1S(=O)(=O)N1CCCN(C(=O)c2cc[nH]c2)CC1. The van der Waals surface area contributed by atoms with Crippen LogP contribution in [0.4, 0.5) is 0 Å². The molecule has 1 saturated heterocycles. The Kier molecular flexibility index (Phi) is 4.88. The van der Waals surface area contributed by atoms with E-state index in [1.165, 1.54) is 16.4 Å². The number of benzene rings is 1. The van der Waals surface area contributed by atoms with E-state index in [-0.39, 0.29) is 22.9 Å². The minimum absolute atomic E-state index is 0.0166. The molecule has 130 valence electrons. The van der Waals surface area contributed by atoms with E-state index < -0.39 is 10.0 Å². The van der Waals surface area contributed by atoms with E-state index in [9.17, 15) is 13.2 Å². The van der Waals surface area contributed by atoms with E-state index in [1.807, 2.05) is 6.07 Å². The van der Waals surface area contributed by atoms with Crippen LogP contribution in [0.5, 0.6) is 0 Å². The summed E-state index contributed by atoms with van der Waals surface area (Å²) in [6.45, 7) is 1.34. The van der Waals surface area contributed by atoms with Gasteiger partial charge in [0.1, 0.15) is 6.07 Å². The van der Waals surface area contributed by atoms with Crippen LogP contribution >= 0.6 is 0 Å². The number of aromatic amines is 1. The zero-order valence-electron chi connectivity index (χ0n) is 13.6. The fourth-order valence-electron chi connectivity index (χ4n) is 2.90. The molecule has 0 radical (unpaired) electrons. The van der Waals surface area contributed by atoms with Gasteiger partial charge in [0.2, 0.25) is 10.0 Å². The number of rotatable bonds is 3. The van der Waals surface area contributed by atoms with Crippen molar-refractivity contribution in [3.63, 3.8) is 0 Å². The third kappa shape index (κ3) is 3.43. The Bertz CT molecular complexity index is 900. The number of amides is 1. The largest absolute Gasteiger partial charge is 0.367 e. The molecule has 1 aromatic heterocycles. The number of carbonyl (C=O) groups is 1. The first-order valence-electron chi connectivity index (χ1n) is 7.95. The van der Waals surface area contributed by atoms with E-state index in [2.05, 4.69) is 4.98 Å². The van der Waals surface area contributed by atoms with E-state index in [4.69, 9.17) is 5.26 Å². The van der Waals surface area contributed by atoms with Crippen molar-refractivity contribution in [1.29, 1.82) is 5.26 Å². The average molecular weight is 358 g/mol. The van der Waals surface area contributed by atoms with Gasteiger partial charge in [0.15, 0.2) is 0 Å². The molecule has 1 aromatic carbocycles. The van der Waals surface area contributed by atoms with Crippen LogP contribution in [0.1, 0.15) is 22.3 Å². The van der Waals surface area contributed by atoms with Crippen LogP contribution < -0.4 is 0 Å². The van der Waals surface area contributed by atoms with Crippen LogP contribution in [0.15, 0.2) is 47.6 Å². The quantitative estimate of drug-likeness (QED) is 0.897. The van der Waals surface area contributed by atoms with Crippen molar-refractivity contribution in [3.05, 3.63) is 53.9 Å². The van der Waals surface area contributed by atoms with Crippen molar-refractivity contribution in [2.45, 2.75) is 11.3 Å². The first kappa shape index (κ1) is 17.2.